The quantitative estimate of drug-likeness (QED) is 0.724. The molecule has 7 nitrogen and oxygen atoms in total. The van der Waals surface area contributed by atoms with E-state index < -0.39 is 6.09 Å². The van der Waals surface area contributed by atoms with Gasteiger partial charge in [0.1, 0.15) is 5.52 Å². The van der Waals surface area contributed by atoms with Gasteiger partial charge in [0.25, 0.3) is 0 Å². The molecular formula is C16H15N5O2. The van der Waals surface area contributed by atoms with E-state index in [0.717, 1.165) is 11.0 Å². The molecule has 0 fully saturated rings. The standard InChI is InChI=1S/C16H15N5O2/c1-12(11-21-15-10-6-5-9-14(15)18-20-21)19-23-16(22)17-13-7-3-2-4-8-13/h2-11,19H,1H3,(H,17,22)/b12-11+. The number of nitrogens with one attached hydrogen (secondary N) is 2. The van der Waals surface area contributed by atoms with Gasteiger partial charge < -0.3 is 4.84 Å². The van der Waals surface area contributed by atoms with Crippen LogP contribution in [0.15, 0.2) is 60.3 Å². The summed E-state index contributed by atoms with van der Waals surface area (Å²) < 4.78 is 1.61. The predicted molar refractivity (Wildman–Crippen MR) is 87.2 cm³/mol. The second-order valence-electron chi connectivity index (χ2n) is 4.82. The number of hydrogen-bond donors (Lipinski definition) is 2. The highest BCUT2D eigenvalue weighted by molar-refractivity contribution is 5.84. The summed E-state index contributed by atoms with van der Waals surface area (Å²) in [6, 6.07) is 16.6. The van der Waals surface area contributed by atoms with Crippen molar-refractivity contribution >= 4 is 29.0 Å². The monoisotopic (exact) mass is 309 g/mol. The molecule has 0 aliphatic heterocycles. The van der Waals surface area contributed by atoms with Crippen molar-refractivity contribution in [3.8, 4) is 0 Å². The highest BCUT2D eigenvalue weighted by atomic mass is 16.7. The second kappa shape index (κ2) is 6.61. The van der Waals surface area contributed by atoms with Crippen molar-refractivity contribution in [2.75, 3.05) is 5.32 Å². The van der Waals surface area contributed by atoms with Crippen LogP contribution in [-0.4, -0.2) is 21.1 Å². The van der Waals surface area contributed by atoms with Crippen molar-refractivity contribution in [1.29, 1.82) is 0 Å². The van der Waals surface area contributed by atoms with Crippen molar-refractivity contribution in [3.63, 3.8) is 0 Å². The molecule has 3 aromatic rings. The van der Waals surface area contributed by atoms with E-state index in [-0.39, 0.29) is 0 Å². The normalized spacial score (nSPS) is 11.3. The fourth-order valence-electron chi connectivity index (χ4n) is 1.98. The molecule has 1 heterocycles. The molecule has 1 aromatic heterocycles. The number of allylic oxidation sites excluding steroid dienone is 1. The maximum atomic E-state index is 11.7. The summed E-state index contributed by atoms with van der Waals surface area (Å²) in [5, 5.41) is 10.7. The lowest BCUT2D eigenvalue weighted by Crippen LogP contribution is -2.23. The summed E-state index contributed by atoms with van der Waals surface area (Å²) >= 11 is 0. The van der Waals surface area contributed by atoms with Crippen LogP contribution >= 0.6 is 0 Å². The molecule has 0 bridgehead atoms. The number of hydroxylamine groups is 1. The van der Waals surface area contributed by atoms with Gasteiger partial charge in [-0.25, -0.2) is 15.0 Å². The van der Waals surface area contributed by atoms with E-state index in [4.69, 9.17) is 4.84 Å². The number of aromatic nitrogens is 3. The highest BCUT2D eigenvalue weighted by Gasteiger charge is 2.04. The van der Waals surface area contributed by atoms with Crippen LogP contribution in [0, 0.1) is 0 Å². The first-order valence-electron chi connectivity index (χ1n) is 6.99. The molecule has 0 radical (unpaired) electrons. The van der Waals surface area contributed by atoms with Crippen molar-refractivity contribution in [2.24, 2.45) is 0 Å². The minimum Gasteiger partial charge on any atom is -0.324 e. The lowest BCUT2D eigenvalue weighted by Gasteiger charge is -2.08. The number of rotatable bonds is 4. The van der Waals surface area contributed by atoms with Crippen LogP contribution in [0.2, 0.25) is 0 Å². The number of amides is 1. The number of para-hydroxylation sites is 2. The van der Waals surface area contributed by atoms with Gasteiger partial charge in [-0.15, -0.1) is 5.10 Å². The average Bonchev–Trinajstić information content (AvgIpc) is 2.97. The lowest BCUT2D eigenvalue weighted by molar-refractivity contribution is 0.120. The number of carbonyl (C=O) groups excluding carboxylic acids is 1. The van der Waals surface area contributed by atoms with E-state index in [2.05, 4.69) is 21.1 Å². The minimum absolute atomic E-state index is 0.601. The third kappa shape index (κ3) is 3.65. The van der Waals surface area contributed by atoms with Gasteiger partial charge in [-0.2, -0.15) is 0 Å². The Balaban J connectivity index is 1.60. The third-order valence-electron chi connectivity index (χ3n) is 3.02. The number of hydrogen-bond acceptors (Lipinski definition) is 5. The van der Waals surface area contributed by atoms with Crippen molar-refractivity contribution in [1.82, 2.24) is 20.5 Å². The second-order valence-corrected chi connectivity index (χ2v) is 4.82. The van der Waals surface area contributed by atoms with Gasteiger partial charge in [0, 0.05) is 5.69 Å². The maximum absolute atomic E-state index is 11.7. The topological polar surface area (TPSA) is 81.1 Å². The Morgan fingerprint density at radius 1 is 1.13 bits per heavy atom. The number of benzene rings is 2. The van der Waals surface area contributed by atoms with Crippen molar-refractivity contribution in [3.05, 3.63) is 60.3 Å². The van der Waals surface area contributed by atoms with Gasteiger partial charge in [-0.1, -0.05) is 35.5 Å². The first kappa shape index (κ1) is 14.6. The Hall–Kier alpha value is -3.35. The molecule has 0 saturated heterocycles. The van der Waals surface area contributed by atoms with E-state index in [9.17, 15) is 4.79 Å². The molecule has 3 rings (SSSR count). The molecule has 7 heteroatoms. The van der Waals surface area contributed by atoms with E-state index in [0.29, 0.717) is 11.4 Å². The number of carbonyl (C=O) groups is 1. The molecule has 1 amide bonds. The van der Waals surface area contributed by atoms with Gasteiger partial charge in [0.05, 0.1) is 17.4 Å². The molecule has 0 spiro atoms. The first-order valence-corrected chi connectivity index (χ1v) is 6.99. The number of nitrogens with zero attached hydrogens (tertiary/aromatic N) is 3. The lowest BCUT2D eigenvalue weighted by atomic mass is 10.3. The molecule has 0 saturated carbocycles. The van der Waals surface area contributed by atoms with Crippen LogP contribution in [0.1, 0.15) is 6.92 Å². The SMILES string of the molecule is C/C(=C\n1nnc2ccccc21)NOC(=O)Nc1ccccc1. The van der Waals surface area contributed by atoms with Gasteiger partial charge in [-0.3, -0.25) is 5.32 Å². The van der Waals surface area contributed by atoms with Gasteiger partial charge in [0.2, 0.25) is 0 Å². The van der Waals surface area contributed by atoms with E-state index in [1.165, 1.54) is 0 Å². The van der Waals surface area contributed by atoms with E-state index >= 15 is 0 Å². The van der Waals surface area contributed by atoms with E-state index in [1.807, 2.05) is 42.5 Å². The third-order valence-corrected chi connectivity index (χ3v) is 3.02. The average molecular weight is 309 g/mol. The van der Waals surface area contributed by atoms with Gasteiger partial charge in [0.15, 0.2) is 0 Å². The largest absolute Gasteiger partial charge is 0.435 e. The van der Waals surface area contributed by atoms with Crippen molar-refractivity contribution < 1.29 is 9.63 Å². The summed E-state index contributed by atoms with van der Waals surface area (Å²) in [6.07, 6.45) is 1.08. The predicted octanol–water partition coefficient (Wildman–Crippen LogP) is 3.00. The molecule has 0 atom stereocenters. The fourth-order valence-corrected chi connectivity index (χ4v) is 1.98. The van der Waals surface area contributed by atoms with E-state index in [1.54, 1.807) is 29.9 Å². The fraction of sp³-hybridized carbons (Fsp3) is 0.0625. The van der Waals surface area contributed by atoms with Gasteiger partial charge >= 0.3 is 6.09 Å². The summed E-state index contributed by atoms with van der Waals surface area (Å²) in [5.41, 5.74) is 5.48. The molecule has 0 aliphatic carbocycles. The first-order chi connectivity index (χ1) is 11.2. The molecule has 2 N–H and O–H groups in total. The molecule has 2 aromatic carbocycles. The molecule has 0 unspecified atom stereocenters. The summed E-state index contributed by atoms with van der Waals surface area (Å²) in [6.45, 7) is 1.76. The van der Waals surface area contributed by atoms with Crippen LogP contribution in [-0.2, 0) is 4.84 Å². The molecule has 23 heavy (non-hydrogen) atoms. The smallest absolute Gasteiger partial charge is 0.324 e. The summed E-state index contributed by atoms with van der Waals surface area (Å²) in [5.74, 6) is 0. The zero-order chi connectivity index (χ0) is 16.1. The molecular weight excluding hydrogens is 294 g/mol. The van der Waals surface area contributed by atoms with Crippen LogP contribution in [0.3, 0.4) is 0 Å². The van der Waals surface area contributed by atoms with Crippen LogP contribution in [0.4, 0.5) is 10.5 Å². The molecule has 0 aliphatic rings. The Bertz CT molecular complexity index is 842. The Morgan fingerprint density at radius 2 is 1.87 bits per heavy atom. The minimum atomic E-state index is -0.604. The van der Waals surface area contributed by atoms with Crippen LogP contribution in [0.25, 0.3) is 17.2 Å². The highest BCUT2D eigenvalue weighted by Crippen LogP contribution is 2.10. The zero-order valence-electron chi connectivity index (χ0n) is 12.4. The van der Waals surface area contributed by atoms with Crippen LogP contribution < -0.4 is 10.8 Å². The number of anilines is 1. The summed E-state index contributed by atoms with van der Waals surface area (Å²) in [4.78, 5) is 16.6. The Kier molecular flexibility index (Phi) is 4.19. The number of fused-ring (bicyclic) bond motifs is 1. The summed E-state index contributed by atoms with van der Waals surface area (Å²) in [7, 11) is 0. The molecule has 116 valence electrons. The maximum Gasteiger partial charge on any atom is 0.435 e. The zero-order valence-corrected chi connectivity index (χ0v) is 12.4. The van der Waals surface area contributed by atoms with Gasteiger partial charge in [-0.05, 0) is 31.2 Å². The van der Waals surface area contributed by atoms with Crippen LogP contribution in [0.5, 0.6) is 0 Å². The Labute approximate surface area is 132 Å². The van der Waals surface area contributed by atoms with Crippen molar-refractivity contribution in [2.45, 2.75) is 6.92 Å². The Morgan fingerprint density at radius 3 is 2.70 bits per heavy atom.